The van der Waals surface area contributed by atoms with E-state index < -0.39 is 29.6 Å². The maximum Gasteiger partial charge on any atom is 0.271 e. The Hall–Kier alpha value is -1.95. The van der Waals surface area contributed by atoms with Gasteiger partial charge in [-0.15, -0.1) is 0 Å². The molecule has 24 heavy (non-hydrogen) atoms. The summed E-state index contributed by atoms with van der Waals surface area (Å²) < 4.78 is 0.600. The second-order valence-corrected chi connectivity index (χ2v) is 8.05. The zero-order chi connectivity index (χ0) is 16.7. The van der Waals surface area contributed by atoms with Gasteiger partial charge in [-0.1, -0.05) is 28.1 Å². The summed E-state index contributed by atoms with van der Waals surface area (Å²) in [6.45, 7) is 0. The summed E-state index contributed by atoms with van der Waals surface area (Å²) in [5.74, 6) is -1.44. The topological polar surface area (TPSA) is 74.7 Å². The first-order valence-corrected chi connectivity index (χ1v) is 8.87. The molecule has 3 amide bonds. The fourth-order valence-electron chi connectivity index (χ4n) is 4.96. The summed E-state index contributed by atoms with van der Waals surface area (Å²) in [4.78, 5) is 39.3. The van der Waals surface area contributed by atoms with E-state index in [2.05, 4.69) is 28.1 Å². The molecule has 0 spiro atoms. The number of nitrogens with zero attached hydrogens (tertiary/aromatic N) is 1. The van der Waals surface area contributed by atoms with Crippen LogP contribution >= 0.6 is 15.9 Å². The molecule has 1 aromatic rings. The van der Waals surface area contributed by atoms with Gasteiger partial charge in [0.25, 0.3) is 5.91 Å². The Labute approximate surface area is 146 Å². The van der Waals surface area contributed by atoms with Crippen LogP contribution in [-0.2, 0) is 9.59 Å². The quantitative estimate of drug-likeness (QED) is 0.592. The monoisotopic (exact) mass is 387 g/mol. The molecule has 4 aliphatic carbocycles. The summed E-state index contributed by atoms with van der Waals surface area (Å²) >= 11 is 3.25. The van der Waals surface area contributed by atoms with Crippen LogP contribution in [-0.4, -0.2) is 27.7 Å². The third-order valence-corrected chi connectivity index (χ3v) is 6.55. The van der Waals surface area contributed by atoms with E-state index in [1.165, 1.54) is 12.1 Å². The number of phenolic OH excluding ortho intramolecular Hbond substituents is 1. The Balaban J connectivity index is 1.54. The lowest BCUT2D eigenvalue weighted by Crippen LogP contribution is -2.40. The van der Waals surface area contributed by atoms with Gasteiger partial charge in [-0.3, -0.25) is 14.4 Å². The molecule has 5 aliphatic rings. The molecule has 1 N–H and O–H groups in total. The van der Waals surface area contributed by atoms with Crippen molar-refractivity contribution in [3.63, 3.8) is 0 Å². The molecule has 1 aromatic carbocycles. The average molecular weight is 388 g/mol. The number of benzene rings is 1. The highest BCUT2D eigenvalue weighted by Gasteiger charge is 2.67. The van der Waals surface area contributed by atoms with Crippen molar-refractivity contribution in [2.75, 3.05) is 0 Å². The molecule has 1 aliphatic heterocycles. The SMILES string of the molecule is O=C(c1cc(Br)ccc1O)N1C(=O)[C@@H]2[C@H]3C=C[C@@H]([C@@H]4C[C@H]34)[C@@H]2C1=O. The minimum Gasteiger partial charge on any atom is -0.507 e. The van der Waals surface area contributed by atoms with Gasteiger partial charge >= 0.3 is 0 Å². The molecule has 122 valence electrons. The third-order valence-electron chi connectivity index (χ3n) is 6.05. The number of imide groups is 3. The van der Waals surface area contributed by atoms with Gasteiger partial charge in [-0.05, 0) is 48.3 Å². The van der Waals surface area contributed by atoms with Crippen LogP contribution < -0.4 is 0 Å². The van der Waals surface area contributed by atoms with Crippen LogP contribution in [0.2, 0.25) is 0 Å². The van der Waals surface area contributed by atoms with Crippen molar-refractivity contribution in [3.05, 3.63) is 40.4 Å². The van der Waals surface area contributed by atoms with Crippen LogP contribution in [0, 0.1) is 35.5 Å². The highest BCUT2D eigenvalue weighted by Crippen LogP contribution is 2.65. The number of halogens is 1. The van der Waals surface area contributed by atoms with Crippen LogP contribution in [0.1, 0.15) is 16.8 Å². The van der Waals surface area contributed by atoms with Crippen LogP contribution in [0.15, 0.2) is 34.8 Å². The number of hydrogen-bond acceptors (Lipinski definition) is 4. The predicted molar refractivity (Wildman–Crippen MR) is 86.7 cm³/mol. The van der Waals surface area contributed by atoms with E-state index in [1.54, 1.807) is 6.07 Å². The lowest BCUT2D eigenvalue weighted by atomic mass is 9.63. The molecule has 0 unspecified atom stereocenters. The van der Waals surface area contributed by atoms with Gasteiger partial charge in [0.15, 0.2) is 0 Å². The molecule has 0 aromatic heterocycles. The van der Waals surface area contributed by atoms with Crippen LogP contribution in [0.4, 0.5) is 0 Å². The summed E-state index contributed by atoms with van der Waals surface area (Å²) in [6.07, 6.45) is 5.21. The van der Waals surface area contributed by atoms with Gasteiger partial charge in [-0.2, -0.15) is 0 Å². The molecular formula is C18H14BrNO4. The summed E-state index contributed by atoms with van der Waals surface area (Å²) in [6, 6.07) is 4.40. The molecule has 2 bridgehead atoms. The summed E-state index contributed by atoms with van der Waals surface area (Å²) in [5, 5.41) is 9.96. The Morgan fingerprint density at radius 3 is 2.25 bits per heavy atom. The van der Waals surface area contributed by atoms with Crippen molar-refractivity contribution < 1.29 is 19.5 Å². The molecule has 0 radical (unpaired) electrons. The van der Waals surface area contributed by atoms with Crippen molar-refractivity contribution in [1.82, 2.24) is 4.90 Å². The first kappa shape index (κ1) is 14.4. The largest absolute Gasteiger partial charge is 0.507 e. The standard InChI is InChI=1S/C18H14BrNO4/c19-7-1-4-13(21)12(5-7)16(22)20-17(23)14-8-2-3-9(11-6-10(8)11)15(14)18(20)24/h1-5,8-11,14-15,21H,6H2/t8-,9-,10-,11+,14-,15+/m0/s1. The Bertz CT molecular complexity index is 811. The number of phenols is 1. The highest BCUT2D eigenvalue weighted by atomic mass is 79.9. The molecule has 1 saturated heterocycles. The van der Waals surface area contributed by atoms with Gasteiger partial charge in [-0.25, -0.2) is 4.90 Å². The van der Waals surface area contributed by atoms with Gasteiger partial charge in [0.1, 0.15) is 5.75 Å². The van der Waals surface area contributed by atoms with Gasteiger partial charge < -0.3 is 5.11 Å². The fraction of sp³-hybridized carbons (Fsp3) is 0.389. The van der Waals surface area contributed by atoms with E-state index in [-0.39, 0.29) is 23.1 Å². The number of carbonyl (C=O) groups excluding carboxylic acids is 3. The minimum absolute atomic E-state index is 0.0322. The number of likely N-dealkylation sites (tertiary alicyclic amines) is 1. The van der Waals surface area contributed by atoms with E-state index in [9.17, 15) is 19.5 Å². The second kappa shape index (κ2) is 4.57. The molecule has 6 rings (SSSR count). The first-order valence-electron chi connectivity index (χ1n) is 8.08. The Morgan fingerprint density at radius 2 is 1.67 bits per heavy atom. The third kappa shape index (κ3) is 1.67. The molecule has 6 heteroatoms. The summed E-state index contributed by atoms with van der Waals surface area (Å²) in [7, 11) is 0. The Morgan fingerprint density at radius 1 is 1.08 bits per heavy atom. The van der Waals surface area contributed by atoms with Gasteiger partial charge in [0.05, 0.1) is 17.4 Å². The van der Waals surface area contributed by atoms with Crippen molar-refractivity contribution in [2.24, 2.45) is 35.5 Å². The van der Waals surface area contributed by atoms with Gasteiger partial charge in [0, 0.05) is 4.47 Å². The minimum atomic E-state index is -0.730. The second-order valence-electron chi connectivity index (χ2n) is 7.13. The predicted octanol–water partition coefficient (Wildman–Crippen LogP) is 2.35. The van der Waals surface area contributed by atoms with E-state index in [0.717, 1.165) is 11.3 Å². The van der Waals surface area contributed by atoms with E-state index >= 15 is 0 Å². The van der Waals surface area contributed by atoms with E-state index in [4.69, 9.17) is 0 Å². The zero-order valence-corrected chi connectivity index (χ0v) is 14.1. The highest BCUT2D eigenvalue weighted by molar-refractivity contribution is 9.10. The average Bonchev–Trinajstić information content (AvgIpc) is 3.34. The molecule has 6 atom stereocenters. The number of rotatable bonds is 1. The van der Waals surface area contributed by atoms with Gasteiger partial charge in [0.2, 0.25) is 11.8 Å². The lowest BCUT2D eigenvalue weighted by molar-refractivity contribution is -0.136. The van der Waals surface area contributed by atoms with Crippen LogP contribution in [0.25, 0.3) is 0 Å². The van der Waals surface area contributed by atoms with Crippen molar-refractivity contribution in [3.8, 4) is 5.75 Å². The van der Waals surface area contributed by atoms with Crippen molar-refractivity contribution >= 4 is 33.7 Å². The molecular weight excluding hydrogens is 374 g/mol. The van der Waals surface area contributed by atoms with Crippen LogP contribution in [0.3, 0.4) is 0 Å². The lowest BCUT2D eigenvalue weighted by Gasteiger charge is -2.37. The number of allylic oxidation sites excluding steroid dienone is 2. The molecule has 5 nitrogen and oxygen atoms in total. The fourth-order valence-corrected chi connectivity index (χ4v) is 5.32. The maximum absolute atomic E-state index is 12.9. The Kier molecular flexibility index (Phi) is 2.74. The van der Waals surface area contributed by atoms with Crippen molar-refractivity contribution in [1.29, 1.82) is 0 Å². The maximum atomic E-state index is 12.9. The zero-order valence-electron chi connectivity index (χ0n) is 12.6. The number of aromatic hydroxyl groups is 1. The van der Waals surface area contributed by atoms with E-state index in [0.29, 0.717) is 16.3 Å². The first-order chi connectivity index (χ1) is 11.5. The van der Waals surface area contributed by atoms with Crippen molar-refractivity contribution in [2.45, 2.75) is 6.42 Å². The van der Waals surface area contributed by atoms with Crippen LogP contribution in [0.5, 0.6) is 5.75 Å². The number of amides is 3. The molecule has 3 fully saturated rings. The number of carbonyl (C=O) groups is 3. The normalized spacial score (nSPS) is 38.3. The summed E-state index contributed by atoms with van der Waals surface area (Å²) in [5.41, 5.74) is -0.0322. The smallest absolute Gasteiger partial charge is 0.271 e. The molecule has 1 heterocycles. The van der Waals surface area contributed by atoms with E-state index in [1.807, 2.05) is 0 Å². The number of hydrogen-bond donors (Lipinski definition) is 1. The molecule has 2 saturated carbocycles.